The van der Waals surface area contributed by atoms with Crippen LogP contribution >= 0.6 is 0 Å². The zero-order valence-electron chi connectivity index (χ0n) is 11.3. The largest absolute Gasteiger partial charge is 0.389 e. The standard InChI is InChI=1S/C14H22FNO/c1-6-14(3,4)16(5)13-8-7-11(10(2)17)9-12(13)15/h7-10,17H,6H2,1-5H3/t10-/m1/s1. The molecule has 0 aliphatic carbocycles. The first-order valence-electron chi connectivity index (χ1n) is 6.01. The van der Waals surface area contributed by atoms with E-state index >= 15 is 0 Å². The van der Waals surface area contributed by atoms with Crippen LogP contribution in [-0.2, 0) is 0 Å². The van der Waals surface area contributed by atoms with Gasteiger partial charge in [-0.1, -0.05) is 13.0 Å². The second-order valence-corrected chi connectivity index (χ2v) is 5.11. The van der Waals surface area contributed by atoms with Crippen molar-refractivity contribution < 1.29 is 9.50 Å². The third kappa shape index (κ3) is 2.97. The van der Waals surface area contributed by atoms with Gasteiger partial charge < -0.3 is 10.0 Å². The van der Waals surface area contributed by atoms with E-state index in [2.05, 4.69) is 20.8 Å². The van der Waals surface area contributed by atoms with Crippen LogP contribution in [0.15, 0.2) is 18.2 Å². The number of rotatable bonds is 4. The van der Waals surface area contributed by atoms with Gasteiger partial charge >= 0.3 is 0 Å². The Kier molecular flexibility index (Phi) is 4.15. The molecule has 0 unspecified atom stereocenters. The van der Waals surface area contributed by atoms with Crippen LogP contribution in [0.2, 0.25) is 0 Å². The number of halogens is 1. The third-order valence-electron chi connectivity index (χ3n) is 3.59. The molecule has 3 heteroatoms. The van der Waals surface area contributed by atoms with Crippen molar-refractivity contribution in [3.63, 3.8) is 0 Å². The highest BCUT2D eigenvalue weighted by Crippen LogP contribution is 2.28. The van der Waals surface area contributed by atoms with Gasteiger partial charge in [0.15, 0.2) is 0 Å². The molecule has 0 radical (unpaired) electrons. The number of benzene rings is 1. The number of anilines is 1. The molecule has 1 rings (SSSR count). The van der Waals surface area contributed by atoms with Gasteiger partial charge in [0, 0.05) is 12.6 Å². The van der Waals surface area contributed by atoms with Crippen molar-refractivity contribution in [2.24, 2.45) is 0 Å². The second-order valence-electron chi connectivity index (χ2n) is 5.11. The normalized spacial score (nSPS) is 13.6. The minimum Gasteiger partial charge on any atom is -0.389 e. The average molecular weight is 239 g/mol. The van der Waals surface area contributed by atoms with Crippen molar-refractivity contribution in [1.29, 1.82) is 0 Å². The average Bonchev–Trinajstić information content (AvgIpc) is 2.27. The molecule has 0 aliphatic heterocycles. The van der Waals surface area contributed by atoms with Gasteiger partial charge in [-0.25, -0.2) is 4.39 Å². The van der Waals surface area contributed by atoms with E-state index in [1.54, 1.807) is 19.1 Å². The highest BCUT2D eigenvalue weighted by atomic mass is 19.1. The van der Waals surface area contributed by atoms with Crippen LogP contribution in [0, 0.1) is 5.82 Å². The van der Waals surface area contributed by atoms with Crippen molar-refractivity contribution in [2.45, 2.75) is 45.8 Å². The van der Waals surface area contributed by atoms with Crippen LogP contribution in [0.4, 0.5) is 10.1 Å². The lowest BCUT2D eigenvalue weighted by atomic mass is 9.98. The Bertz CT molecular complexity index is 388. The quantitative estimate of drug-likeness (QED) is 0.869. The van der Waals surface area contributed by atoms with Crippen molar-refractivity contribution in [3.8, 4) is 0 Å². The molecule has 0 heterocycles. The summed E-state index contributed by atoms with van der Waals surface area (Å²) in [6.45, 7) is 7.87. The molecule has 2 nitrogen and oxygen atoms in total. The molecule has 0 fully saturated rings. The zero-order chi connectivity index (χ0) is 13.2. The fourth-order valence-corrected chi connectivity index (χ4v) is 1.62. The SMILES string of the molecule is CCC(C)(C)N(C)c1ccc([C@@H](C)O)cc1F. The molecule has 0 amide bonds. The Morgan fingerprint density at radius 1 is 1.41 bits per heavy atom. The van der Waals surface area contributed by atoms with E-state index in [0.29, 0.717) is 11.3 Å². The summed E-state index contributed by atoms with van der Waals surface area (Å²) in [7, 11) is 1.89. The lowest BCUT2D eigenvalue weighted by Gasteiger charge is -2.37. The van der Waals surface area contributed by atoms with E-state index in [4.69, 9.17) is 0 Å². The second kappa shape index (κ2) is 5.05. The van der Waals surface area contributed by atoms with Crippen LogP contribution in [0.5, 0.6) is 0 Å². The van der Waals surface area contributed by atoms with Crippen LogP contribution < -0.4 is 4.90 Å². The summed E-state index contributed by atoms with van der Waals surface area (Å²) >= 11 is 0. The predicted octanol–water partition coefficient (Wildman–Crippen LogP) is 3.50. The molecule has 1 aromatic carbocycles. The summed E-state index contributed by atoms with van der Waals surface area (Å²) in [5.74, 6) is -0.285. The Morgan fingerprint density at radius 3 is 2.41 bits per heavy atom. The molecule has 1 N–H and O–H groups in total. The minimum atomic E-state index is -0.636. The maximum absolute atomic E-state index is 14.0. The van der Waals surface area contributed by atoms with Gasteiger partial charge in [-0.2, -0.15) is 0 Å². The van der Waals surface area contributed by atoms with Gasteiger partial charge in [0.25, 0.3) is 0 Å². The summed E-state index contributed by atoms with van der Waals surface area (Å²) in [5, 5.41) is 9.40. The first-order chi connectivity index (χ1) is 7.79. The molecule has 0 aliphatic rings. The van der Waals surface area contributed by atoms with E-state index in [0.717, 1.165) is 6.42 Å². The summed E-state index contributed by atoms with van der Waals surface area (Å²) in [4.78, 5) is 1.94. The Balaban J connectivity index is 3.08. The monoisotopic (exact) mass is 239 g/mol. The van der Waals surface area contributed by atoms with E-state index < -0.39 is 6.10 Å². The number of nitrogens with zero attached hydrogens (tertiary/aromatic N) is 1. The number of aliphatic hydroxyl groups is 1. The van der Waals surface area contributed by atoms with Crippen molar-refractivity contribution >= 4 is 5.69 Å². The van der Waals surface area contributed by atoms with Crippen molar-refractivity contribution in [2.75, 3.05) is 11.9 Å². The molecule has 0 saturated carbocycles. The first kappa shape index (κ1) is 14.0. The lowest BCUT2D eigenvalue weighted by molar-refractivity contribution is 0.199. The number of hydrogen-bond donors (Lipinski definition) is 1. The summed E-state index contributed by atoms with van der Waals surface area (Å²) < 4.78 is 14.0. The fourth-order valence-electron chi connectivity index (χ4n) is 1.62. The van der Waals surface area contributed by atoms with E-state index in [1.807, 2.05) is 11.9 Å². The summed E-state index contributed by atoms with van der Waals surface area (Å²) in [6.07, 6.45) is 0.296. The van der Waals surface area contributed by atoms with Crippen molar-refractivity contribution in [3.05, 3.63) is 29.6 Å². The minimum absolute atomic E-state index is 0.0901. The molecular weight excluding hydrogens is 217 g/mol. The molecule has 0 aromatic heterocycles. The lowest BCUT2D eigenvalue weighted by Crippen LogP contribution is -2.41. The van der Waals surface area contributed by atoms with Gasteiger partial charge in [-0.05, 0) is 44.9 Å². The van der Waals surface area contributed by atoms with Gasteiger partial charge in [0.05, 0.1) is 11.8 Å². The maximum Gasteiger partial charge on any atom is 0.146 e. The van der Waals surface area contributed by atoms with Gasteiger partial charge in [-0.3, -0.25) is 0 Å². The van der Waals surface area contributed by atoms with E-state index in [9.17, 15) is 9.50 Å². The molecule has 0 spiro atoms. The van der Waals surface area contributed by atoms with Crippen LogP contribution in [0.25, 0.3) is 0 Å². The molecule has 0 bridgehead atoms. The summed E-state index contributed by atoms with van der Waals surface area (Å²) in [5.41, 5.74) is 1.09. The van der Waals surface area contributed by atoms with E-state index in [-0.39, 0.29) is 11.4 Å². The van der Waals surface area contributed by atoms with Crippen LogP contribution in [0.1, 0.15) is 45.8 Å². The molecule has 96 valence electrons. The molecule has 1 atom stereocenters. The van der Waals surface area contributed by atoms with Crippen LogP contribution in [-0.4, -0.2) is 17.7 Å². The molecule has 0 saturated heterocycles. The van der Waals surface area contributed by atoms with Gasteiger partial charge in [0.2, 0.25) is 0 Å². The highest BCUT2D eigenvalue weighted by Gasteiger charge is 2.23. The highest BCUT2D eigenvalue weighted by molar-refractivity contribution is 5.50. The predicted molar refractivity (Wildman–Crippen MR) is 69.8 cm³/mol. The van der Waals surface area contributed by atoms with Gasteiger partial charge in [-0.15, -0.1) is 0 Å². The molecular formula is C14H22FNO. The Labute approximate surface area is 103 Å². The van der Waals surface area contributed by atoms with Crippen molar-refractivity contribution in [1.82, 2.24) is 0 Å². The Morgan fingerprint density at radius 2 is 2.00 bits per heavy atom. The third-order valence-corrected chi connectivity index (χ3v) is 3.59. The Hall–Kier alpha value is -1.09. The smallest absolute Gasteiger partial charge is 0.146 e. The fraction of sp³-hybridized carbons (Fsp3) is 0.571. The maximum atomic E-state index is 14.0. The van der Waals surface area contributed by atoms with Gasteiger partial charge in [0.1, 0.15) is 5.82 Å². The topological polar surface area (TPSA) is 23.5 Å². The summed E-state index contributed by atoms with van der Waals surface area (Å²) in [6, 6.07) is 4.91. The van der Waals surface area contributed by atoms with E-state index in [1.165, 1.54) is 6.07 Å². The number of hydrogen-bond acceptors (Lipinski definition) is 2. The van der Waals surface area contributed by atoms with Crippen LogP contribution in [0.3, 0.4) is 0 Å². The molecule has 17 heavy (non-hydrogen) atoms. The first-order valence-corrected chi connectivity index (χ1v) is 6.01. The molecule has 1 aromatic rings. The number of aliphatic hydroxyl groups excluding tert-OH is 1. The zero-order valence-corrected chi connectivity index (χ0v) is 11.3.